The van der Waals surface area contributed by atoms with Crippen molar-refractivity contribution >= 4 is 45.2 Å². The van der Waals surface area contributed by atoms with Crippen molar-refractivity contribution in [2.45, 2.75) is 45.1 Å². The van der Waals surface area contributed by atoms with Crippen molar-refractivity contribution in [1.82, 2.24) is 23.9 Å². The van der Waals surface area contributed by atoms with Crippen LogP contribution >= 0.6 is 11.5 Å². The Kier molecular flexibility index (Phi) is 5.00. The predicted molar refractivity (Wildman–Crippen MR) is 127 cm³/mol. The second-order valence-electron chi connectivity index (χ2n) is 9.09. The topological polar surface area (TPSA) is 124 Å². The zero-order chi connectivity index (χ0) is 23.3. The molecule has 4 aromatic rings. The van der Waals surface area contributed by atoms with Crippen LogP contribution in [0.5, 0.6) is 0 Å². The molecule has 1 saturated carbocycles. The number of nitrogens with zero attached hydrogens (tertiary/aromatic N) is 5. The summed E-state index contributed by atoms with van der Waals surface area (Å²) in [5, 5.41) is 6.18. The van der Waals surface area contributed by atoms with Crippen LogP contribution in [0.4, 0.5) is 25.8 Å². The minimum atomic E-state index is -0.596. The van der Waals surface area contributed by atoms with Gasteiger partial charge in [0.05, 0.1) is 11.1 Å². The molecule has 4 N–H and O–H groups in total. The van der Waals surface area contributed by atoms with Crippen molar-refractivity contribution in [2.75, 3.05) is 16.4 Å². The lowest BCUT2D eigenvalue weighted by Crippen LogP contribution is -2.20. The van der Waals surface area contributed by atoms with Crippen molar-refractivity contribution in [3.05, 3.63) is 42.4 Å². The standard InChI is InChI=1S/C22H23FN8OS/c1-22(2,3)19-28-21(33-30-19)29-20(32)27-15-7-4-11(8-14(15)23)13-9-31(12-5-6-12)18-16(13)17(24)25-10-26-18/h4,7-10,12H,5-6H2,1-3H3,(H2,24,25,26)(H2,27,28,29,30,32). The van der Waals surface area contributed by atoms with Gasteiger partial charge < -0.3 is 15.6 Å². The molecular weight excluding hydrogens is 443 g/mol. The summed E-state index contributed by atoms with van der Waals surface area (Å²) in [5.74, 6) is 0.410. The van der Waals surface area contributed by atoms with E-state index in [9.17, 15) is 9.18 Å². The molecule has 1 aromatic carbocycles. The van der Waals surface area contributed by atoms with Gasteiger partial charge in [0.2, 0.25) is 5.13 Å². The molecule has 1 aliphatic rings. The monoisotopic (exact) mass is 466 g/mol. The highest BCUT2D eigenvalue weighted by Crippen LogP contribution is 2.42. The van der Waals surface area contributed by atoms with Gasteiger partial charge in [0.1, 0.15) is 29.4 Å². The van der Waals surface area contributed by atoms with E-state index < -0.39 is 11.8 Å². The maximum Gasteiger partial charge on any atom is 0.325 e. The van der Waals surface area contributed by atoms with E-state index in [0.29, 0.717) is 33.8 Å². The summed E-state index contributed by atoms with van der Waals surface area (Å²) in [6.07, 6.45) is 5.54. The molecule has 3 aromatic heterocycles. The number of nitrogens with one attached hydrogen (secondary N) is 2. The maximum absolute atomic E-state index is 14.9. The summed E-state index contributed by atoms with van der Waals surface area (Å²) in [6.45, 7) is 5.95. The van der Waals surface area contributed by atoms with E-state index in [4.69, 9.17) is 5.73 Å². The number of halogens is 1. The molecule has 0 unspecified atom stereocenters. The van der Waals surface area contributed by atoms with E-state index in [1.54, 1.807) is 6.07 Å². The number of carbonyl (C=O) groups excluding carboxylic acids is 1. The second kappa shape index (κ2) is 7.77. The Morgan fingerprint density at radius 2 is 2.03 bits per heavy atom. The third-order valence-electron chi connectivity index (χ3n) is 5.42. The molecule has 33 heavy (non-hydrogen) atoms. The molecule has 170 valence electrons. The van der Waals surface area contributed by atoms with E-state index in [0.717, 1.165) is 35.6 Å². The Morgan fingerprint density at radius 1 is 1.24 bits per heavy atom. The number of aromatic nitrogens is 5. The molecule has 0 aliphatic heterocycles. The van der Waals surface area contributed by atoms with Crippen LogP contribution in [-0.2, 0) is 5.41 Å². The number of amides is 2. The van der Waals surface area contributed by atoms with Crippen LogP contribution in [-0.4, -0.2) is 29.9 Å². The van der Waals surface area contributed by atoms with Crippen LogP contribution in [0.3, 0.4) is 0 Å². The van der Waals surface area contributed by atoms with E-state index in [2.05, 4.69) is 34.5 Å². The molecule has 3 heterocycles. The molecule has 0 radical (unpaired) electrons. The Bertz CT molecular complexity index is 1370. The lowest BCUT2D eigenvalue weighted by atomic mass is 9.96. The first kappa shape index (κ1) is 21.3. The van der Waals surface area contributed by atoms with Crippen molar-refractivity contribution in [1.29, 1.82) is 0 Å². The summed E-state index contributed by atoms with van der Waals surface area (Å²) in [5.41, 5.74) is 8.08. The minimum Gasteiger partial charge on any atom is -0.383 e. The number of nitrogen functional groups attached to an aromatic ring is 1. The number of anilines is 3. The van der Waals surface area contributed by atoms with Crippen LogP contribution in [0.15, 0.2) is 30.7 Å². The van der Waals surface area contributed by atoms with E-state index in [-0.39, 0.29) is 11.1 Å². The van der Waals surface area contributed by atoms with Gasteiger partial charge in [0.25, 0.3) is 0 Å². The predicted octanol–water partition coefficient (Wildman–Crippen LogP) is 4.95. The molecule has 1 fully saturated rings. The van der Waals surface area contributed by atoms with Crippen molar-refractivity contribution in [3.63, 3.8) is 0 Å². The quantitative estimate of drug-likeness (QED) is 0.391. The molecule has 9 nitrogen and oxygen atoms in total. The van der Waals surface area contributed by atoms with Gasteiger partial charge in [0, 0.05) is 34.7 Å². The fraction of sp³-hybridized carbons (Fsp3) is 0.318. The first-order valence-electron chi connectivity index (χ1n) is 10.5. The fourth-order valence-electron chi connectivity index (χ4n) is 3.57. The molecule has 0 bridgehead atoms. The van der Waals surface area contributed by atoms with Gasteiger partial charge in [-0.3, -0.25) is 5.32 Å². The van der Waals surface area contributed by atoms with Gasteiger partial charge >= 0.3 is 6.03 Å². The van der Waals surface area contributed by atoms with Crippen LogP contribution < -0.4 is 16.4 Å². The van der Waals surface area contributed by atoms with Crippen LogP contribution in [0.2, 0.25) is 0 Å². The normalized spacial score (nSPS) is 13.9. The number of carbonyl (C=O) groups is 1. The van der Waals surface area contributed by atoms with Crippen LogP contribution in [0.1, 0.15) is 45.5 Å². The van der Waals surface area contributed by atoms with E-state index >= 15 is 0 Å². The Morgan fingerprint density at radius 3 is 2.70 bits per heavy atom. The third-order valence-corrected chi connectivity index (χ3v) is 6.06. The number of fused-ring (bicyclic) bond motifs is 1. The molecule has 5 rings (SSSR count). The minimum absolute atomic E-state index is 0.0481. The first-order valence-corrected chi connectivity index (χ1v) is 11.3. The Labute approximate surface area is 193 Å². The smallest absolute Gasteiger partial charge is 0.325 e. The summed E-state index contributed by atoms with van der Waals surface area (Å²) in [7, 11) is 0. The number of nitrogens with two attached hydrogens (primary N) is 1. The molecular formula is C22H23FN8OS. The maximum atomic E-state index is 14.9. The average Bonchev–Trinajstić information content (AvgIpc) is 3.34. The molecule has 2 amide bonds. The van der Waals surface area contributed by atoms with Crippen molar-refractivity contribution in [3.8, 4) is 11.1 Å². The SMILES string of the molecule is CC(C)(C)c1nsc(NC(=O)Nc2ccc(-c3cn(C4CC4)c4ncnc(N)c34)cc2F)n1. The van der Waals surface area contributed by atoms with E-state index in [1.807, 2.05) is 27.0 Å². The summed E-state index contributed by atoms with van der Waals surface area (Å²) >= 11 is 1.08. The number of urea groups is 1. The zero-order valence-corrected chi connectivity index (χ0v) is 19.2. The van der Waals surface area contributed by atoms with Crippen LogP contribution in [0, 0.1) is 5.82 Å². The molecule has 0 saturated heterocycles. The Balaban J connectivity index is 1.38. The number of hydrogen-bond donors (Lipinski definition) is 3. The van der Waals surface area contributed by atoms with Gasteiger partial charge in [-0.05, 0) is 30.5 Å². The average molecular weight is 467 g/mol. The molecule has 0 spiro atoms. The highest BCUT2D eigenvalue weighted by Gasteiger charge is 2.28. The van der Waals surface area contributed by atoms with Gasteiger partial charge in [0.15, 0.2) is 0 Å². The van der Waals surface area contributed by atoms with Crippen LogP contribution in [0.25, 0.3) is 22.2 Å². The van der Waals surface area contributed by atoms with Gasteiger partial charge in [-0.2, -0.15) is 4.37 Å². The summed E-state index contributed by atoms with van der Waals surface area (Å²) < 4.78 is 21.3. The molecule has 0 atom stereocenters. The van der Waals surface area contributed by atoms with Gasteiger partial charge in [-0.25, -0.2) is 24.1 Å². The lowest BCUT2D eigenvalue weighted by molar-refractivity contribution is 0.262. The molecule has 11 heteroatoms. The first-order chi connectivity index (χ1) is 15.7. The number of rotatable bonds is 4. The highest BCUT2D eigenvalue weighted by molar-refractivity contribution is 7.09. The van der Waals surface area contributed by atoms with E-state index in [1.165, 1.54) is 18.5 Å². The van der Waals surface area contributed by atoms with Gasteiger partial charge in [-0.15, -0.1) is 0 Å². The fourth-order valence-corrected chi connectivity index (χ4v) is 4.33. The number of hydrogen-bond acceptors (Lipinski definition) is 7. The Hall–Kier alpha value is -3.60. The van der Waals surface area contributed by atoms with Crippen molar-refractivity contribution < 1.29 is 9.18 Å². The summed E-state index contributed by atoms with van der Waals surface area (Å²) in [6, 6.07) is 4.41. The van der Waals surface area contributed by atoms with Gasteiger partial charge in [-0.1, -0.05) is 26.8 Å². The largest absolute Gasteiger partial charge is 0.383 e. The third kappa shape index (κ3) is 4.11. The zero-order valence-electron chi connectivity index (χ0n) is 18.4. The lowest BCUT2D eigenvalue weighted by Gasteiger charge is -2.12. The highest BCUT2D eigenvalue weighted by atomic mass is 32.1. The second-order valence-corrected chi connectivity index (χ2v) is 9.84. The van der Waals surface area contributed by atoms with Crippen molar-refractivity contribution in [2.24, 2.45) is 0 Å². The number of benzene rings is 1. The molecule has 1 aliphatic carbocycles. The summed E-state index contributed by atoms with van der Waals surface area (Å²) in [4.78, 5) is 25.2.